The van der Waals surface area contributed by atoms with Crippen molar-refractivity contribution in [2.75, 3.05) is 26.2 Å². The summed E-state index contributed by atoms with van der Waals surface area (Å²) in [5.74, 6) is -0.891. The van der Waals surface area contributed by atoms with Crippen LogP contribution in [-0.2, 0) is 0 Å². The third-order valence-corrected chi connectivity index (χ3v) is 4.74. The van der Waals surface area contributed by atoms with Crippen LogP contribution in [0.5, 0.6) is 11.5 Å². The van der Waals surface area contributed by atoms with Crippen LogP contribution in [0.4, 0.5) is 26.3 Å². The normalized spacial score (nSPS) is 16.9. The first-order valence-electron chi connectivity index (χ1n) is 8.87. The number of rotatable bonds is 5. The van der Waals surface area contributed by atoms with Gasteiger partial charge in [-0.1, -0.05) is 29.8 Å². The predicted octanol–water partition coefficient (Wildman–Crippen LogP) is 5.13. The summed E-state index contributed by atoms with van der Waals surface area (Å²) in [5, 5.41) is 2.98. The molecule has 0 bridgehead atoms. The Bertz CT molecular complexity index is 852. The van der Waals surface area contributed by atoms with E-state index in [-0.39, 0.29) is 10.8 Å². The van der Waals surface area contributed by atoms with Gasteiger partial charge in [0.25, 0.3) is 0 Å². The number of nitrogens with zero attached hydrogens (tertiary/aromatic N) is 1. The lowest BCUT2D eigenvalue weighted by Gasteiger charge is -2.35. The first-order valence-corrected chi connectivity index (χ1v) is 9.25. The van der Waals surface area contributed by atoms with Crippen molar-refractivity contribution in [1.82, 2.24) is 10.2 Å². The average Bonchev–Trinajstić information content (AvgIpc) is 2.64. The molecule has 0 radical (unpaired) electrons. The number of benzene rings is 2. The number of hydrogen-bond acceptors (Lipinski definition) is 4. The van der Waals surface area contributed by atoms with E-state index < -0.39 is 24.5 Å². The zero-order chi connectivity index (χ0) is 21.9. The van der Waals surface area contributed by atoms with Gasteiger partial charge in [0.15, 0.2) is 0 Å². The summed E-state index contributed by atoms with van der Waals surface area (Å²) in [4.78, 5) is 2.06. The molecule has 3 rings (SSSR count). The van der Waals surface area contributed by atoms with Crippen LogP contribution in [0.2, 0.25) is 5.02 Å². The molecule has 0 aromatic heterocycles. The molecule has 2 aromatic rings. The Morgan fingerprint density at radius 2 is 1.40 bits per heavy atom. The summed E-state index contributed by atoms with van der Waals surface area (Å²) >= 11 is 6.00. The second-order valence-corrected chi connectivity index (χ2v) is 6.95. The third kappa shape index (κ3) is 6.16. The Morgan fingerprint density at radius 1 is 0.833 bits per heavy atom. The van der Waals surface area contributed by atoms with Gasteiger partial charge in [0.2, 0.25) is 0 Å². The lowest BCUT2D eigenvalue weighted by Crippen LogP contribution is -2.45. The molecule has 4 nitrogen and oxygen atoms in total. The van der Waals surface area contributed by atoms with Crippen molar-refractivity contribution in [2.45, 2.75) is 18.8 Å². The van der Waals surface area contributed by atoms with Gasteiger partial charge in [-0.2, -0.15) is 0 Å². The zero-order valence-corrected chi connectivity index (χ0v) is 16.1. The maximum atomic E-state index is 12.5. The minimum absolute atomic E-state index is 0.220. The maximum absolute atomic E-state index is 12.5. The van der Waals surface area contributed by atoms with Crippen LogP contribution in [-0.4, -0.2) is 43.8 Å². The van der Waals surface area contributed by atoms with Gasteiger partial charge in [-0.15, -0.1) is 26.3 Å². The van der Waals surface area contributed by atoms with E-state index in [0.717, 1.165) is 6.07 Å². The Hall–Kier alpha value is -2.17. The Morgan fingerprint density at radius 3 is 1.93 bits per heavy atom. The third-order valence-electron chi connectivity index (χ3n) is 4.44. The Labute approximate surface area is 173 Å². The van der Waals surface area contributed by atoms with Crippen LogP contribution < -0.4 is 14.8 Å². The summed E-state index contributed by atoms with van der Waals surface area (Å²) in [5.41, 5.74) is 1.23. The van der Waals surface area contributed by atoms with E-state index in [0.29, 0.717) is 37.3 Å². The Balaban J connectivity index is 1.92. The van der Waals surface area contributed by atoms with Crippen molar-refractivity contribution >= 4 is 11.6 Å². The first kappa shape index (κ1) is 22.5. The Kier molecular flexibility index (Phi) is 6.68. The van der Waals surface area contributed by atoms with Gasteiger partial charge < -0.3 is 14.8 Å². The van der Waals surface area contributed by atoms with Crippen molar-refractivity contribution in [3.63, 3.8) is 0 Å². The number of nitrogens with one attached hydrogen (secondary N) is 1. The first-order chi connectivity index (χ1) is 14.0. The molecule has 1 fully saturated rings. The summed E-state index contributed by atoms with van der Waals surface area (Å²) in [6, 6.07) is 8.89. The van der Waals surface area contributed by atoms with E-state index in [1.54, 1.807) is 0 Å². The fourth-order valence-electron chi connectivity index (χ4n) is 3.30. The smallest absolute Gasteiger partial charge is 0.406 e. The maximum Gasteiger partial charge on any atom is 0.573 e. The lowest BCUT2D eigenvalue weighted by molar-refractivity contribution is -0.275. The van der Waals surface area contributed by atoms with Gasteiger partial charge in [-0.3, -0.25) is 4.90 Å². The van der Waals surface area contributed by atoms with E-state index in [2.05, 4.69) is 19.7 Å². The standard InChI is InChI=1S/C19H17ClF6N2O2/c20-15-11-13(3-6-16(15)30-19(24,25)26)17(28-9-7-27-8-10-28)12-1-4-14(5-2-12)29-18(21,22)23/h1-6,11,17,27H,7-10H2/t17-/m0/s1. The van der Waals surface area contributed by atoms with E-state index in [4.69, 9.17) is 11.6 Å². The summed E-state index contributed by atoms with van der Waals surface area (Å²) < 4.78 is 82.5. The van der Waals surface area contributed by atoms with Gasteiger partial charge in [-0.05, 0) is 35.4 Å². The van der Waals surface area contributed by atoms with Crippen LogP contribution in [0, 0.1) is 0 Å². The topological polar surface area (TPSA) is 33.7 Å². The number of piperazine rings is 1. The van der Waals surface area contributed by atoms with Crippen molar-refractivity contribution in [1.29, 1.82) is 0 Å². The molecule has 0 amide bonds. The van der Waals surface area contributed by atoms with E-state index in [1.165, 1.54) is 36.4 Å². The molecule has 0 spiro atoms. The number of hydrogen-bond donors (Lipinski definition) is 1. The molecule has 1 saturated heterocycles. The molecule has 164 valence electrons. The van der Waals surface area contributed by atoms with Crippen LogP contribution in [0.1, 0.15) is 17.2 Å². The summed E-state index contributed by atoms with van der Waals surface area (Å²) in [6.45, 7) is 2.64. The van der Waals surface area contributed by atoms with Crippen molar-refractivity contribution in [2.24, 2.45) is 0 Å². The molecule has 1 heterocycles. The fourth-order valence-corrected chi connectivity index (χ4v) is 3.53. The second-order valence-electron chi connectivity index (χ2n) is 6.54. The van der Waals surface area contributed by atoms with Gasteiger partial charge >= 0.3 is 12.7 Å². The molecule has 30 heavy (non-hydrogen) atoms. The molecule has 1 aliphatic rings. The molecule has 0 saturated carbocycles. The van der Waals surface area contributed by atoms with Crippen LogP contribution in [0.25, 0.3) is 0 Å². The predicted molar refractivity (Wildman–Crippen MR) is 97.5 cm³/mol. The number of alkyl halides is 6. The minimum atomic E-state index is -4.88. The van der Waals surface area contributed by atoms with Crippen LogP contribution >= 0.6 is 11.6 Å². The molecule has 0 aliphatic carbocycles. The minimum Gasteiger partial charge on any atom is -0.406 e. The van der Waals surface area contributed by atoms with Gasteiger partial charge in [-0.25, -0.2) is 0 Å². The zero-order valence-electron chi connectivity index (χ0n) is 15.4. The molecular weight excluding hydrogens is 438 g/mol. The van der Waals surface area contributed by atoms with Crippen molar-refractivity contribution < 1.29 is 35.8 Å². The van der Waals surface area contributed by atoms with Crippen molar-refractivity contribution in [3.8, 4) is 11.5 Å². The lowest BCUT2D eigenvalue weighted by atomic mass is 9.96. The van der Waals surface area contributed by atoms with Gasteiger partial charge in [0.05, 0.1) is 11.1 Å². The highest BCUT2D eigenvalue weighted by atomic mass is 35.5. The molecule has 0 unspecified atom stereocenters. The largest absolute Gasteiger partial charge is 0.573 e. The molecule has 2 aromatic carbocycles. The summed E-state index contributed by atoms with van der Waals surface area (Å²) in [7, 11) is 0. The van der Waals surface area contributed by atoms with Crippen LogP contribution in [0.15, 0.2) is 42.5 Å². The van der Waals surface area contributed by atoms with Gasteiger partial charge in [0, 0.05) is 26.2 Å². The number of halogens is 7. The number of ether oxygens (including phenoxy) is 2. The van der Waals surface area contributed by atoms with Crippen molar-refractivity contribution in [3.05, 3.63) is 58.6 Å². The average molecular weight is 455 g/mol. The molecule has 1 atom stereocenters. The highest BCUT2D eigenvalue weighted by Gasteiger charge is 2.33. The molecule has 11 heteroatoms. The van der Waals surface area contributed by atoms with E-state index >= 15 is 0 Å². The fraction of sp³-hybridized carbons (Fsp3) is 0.368. The second kappa shape index (κ2) is 8.91. The SMILES string of the molecule is FC(F)(F)Oc1ccc([C@@H](c2ccc(OC(F)(F)F)c(Cl)c2)N2CCNCC2)cc1. The highest BCUT2D eigenvalue weighted by molar-refractivity contribution is 6.32. The van der Waals surface area contributed by atoms with E-state index in [1.807, 2.05) is 0 Å². The summed E-state index contributed by atoms with van der Waals surface area (Å²) in [6.07, 6.45) is -9.68. The monoisotopic (exact) mass is 454 g/mol. The van der Waals surface area contributed by atoms with Gasteiger partial charge in [0.1, 0.15) is 11.5 Å². The molecule has 1 aliphatic heterocycles. The van der Waals surface area contributed by atoms with Crippen LogP contribution in [0.3, 0.4) is 0 Å². The quantitative estimate of drug-likeness (QED) is 0.635. The molecular formula is C19H17ClF6N2O2. The highest BCUT2D eigenvalue weighted by Crippen LogP contribution is 2.36. The van der Waals surface area contributed by atoms with E-state index in [9.17, 15) is 26.3 Å². The molecule has 1 N–H and O–H groups in total.